The fourth-order valence-corrected chi connectivity index (χ4v) is 4.39. The summed E-state index contributed by atoms with van der Waals surface area (Å²) in [5, 5.41) is 3.18. The summed E-state index contributed by atoms with van der Waals surface area (Å²) in [5.41, 5.74) is 2.66. The third-order valence-electron chi connectivity index (χ3n) is 5.86. The topological polar surface area (TPSA) is 90.8 Å². The highest BCUT2D eigenvalue weighted by atomic mass is 16.2. The second kappa shape index (κ2) is 7.41. The van der Waals surface area contributed by atoms with Gasteiger partial charge < -0.3 is 9.80 Å². The summed E-state index contributed by atoms with van der Waals surface area (Å²) in [7, 11) is 0. The van der Waals surface area contributed by atoms with Gasteiger partial charge in [-0.15, -0.1) is 0 Å². The van der Waals surface area contributed by atoms with E-state index in [2.05, 4.69) is 5.10 Å². The van der Waals surface area contributed by atoms with Gasteiger partial charge in [-0.05, 0) is 25.7 Å². The maximum atomic E-state index is 13.1. The molecule has 1 fully saturated rings. The molecule has 8 nitrogen and oxygen atoms in total. The predicted molar refractivity (Wildman–Crippen MR) is 104 cm³/mol. The average molecular weight is 385 g/mol. The molecule has 4 heterocycles. The Labute approximate surface area is 163 Å². The molecule has 1 N–H and O–H groups in total. The molecule has 1 unspecified atom stereocenters. The number of piperidine rings is 1. The van der Waals surface area contributed by atoms with E-state index in [-0.39, 0.29) is 23.4 Å². The molecule has 0 spiro atoms. The minimum Gasteiger partial charge on any atom is -0.338 e. The van der Waals surface area contributed by atoms with Crippen molar-refractivity contribution in [1.82, 2.24) is 24.4 Å². The van der Waals surface area contributed by atoms with Gasteiger partial charge in [0.15, 0.2) is 5.65 Å². The maximum Gasteiger partial charge on any atom is 0.277 e. The lowest BCUT2D eigenvalue weighted by Gasteiger charge is -2.34. The van der Waals surface area contributed by atoms with Crippen molar-refractivity contribution in [3.63, 3.8) is 0 Å². The minimum atomic E-state index is -0.148. The summed E-state index contributed by atoms with van der Waals surface area (Å²) in [6.45, 7) is 5.23. The molecule has 1 atom stereocenters. The highest BCUT2D eigenvalue weighted by Gasteiger charge is 2.29. The number of carbonyl (C=O) groups excluding carboxylic acids is 2. The van der Waals surface area contributed by atoms with Gasteiger partial charge in [0.1, 0.15) is 0 Å². The van der Waals surface area contributed by atoms with Gasteiger partial charge in [0.2, 0.25) is 11.8 Å². The molecule has 0 saturated carbocycles. The Bertz CT molecular complexity index is 976. The number of rotatable bonds is 3. The molecule has 0 aliphatic carbocycles. The van der Waals surface area contributed by atoms with Crippen molar-refractivity contribution in [2.24, 2.45) is 0 Å². The van der Waals surface area contributed by atoms with Gasteiger partial charge in [-0.2, -0.15) is 0 Å². The smallest absolute Gasteiger partial charge is 0.277 e. The summed E-state index contributed by atoms with van der Waals surface area (Å²) in [5.74, 6) is 0.136. The Morgan fingerprint density at radius 3 is 2.86 bits per heavy atom. The minimum absolute atomic E-state index is 0.0491. The van der Waals surface area contributed by atoms with Crippen LogP contribution in [0.3, 0.4) is 0 Å². The van der Waals surface area contributed by atoms with E-state index < -0.39 is 0 Å². The van der Waals surface area contributed by atoms with Crippen LogP contribution in [0.2, 0.25) is 0 Å². The molecular weight excluding hydrogens is 358 g/mol. The quantitative estimate of drug-likeness (QED) is 0.872. The van der Waals surface area contributed by atoms with Crippen molar-refractivity contribution in [2.45, 2.75) is 65.0 Å². The highest BCUT2D eigenvalue weighted by molar-refractivity contribution is 5.76. The molecule has 2 aliphatic heterocycles. The number of likely N-dealkylation sites (tertiary alicyclic amines) is 1. The van der Waals surface area contributed by atoms with Gasteiger partial charge in [-0.3, -0.25) is 19.5 Å². The molecule has 2 amide bonds. The van der Waals surface area contributed by atoms with E-state index in [1.54, 1.807) is 11.8 Å². The van der Waals surface area contributed by atoms with Crippen LogP contribution in [0.4, 0.5) is 0 Å². The number of fused-ring (bicyclic) bond motifs is 2. The second-order valence-electron chi connectivity index (χ2n) is 7.79. The standard InChI is InChI=1S/C20H27N5O3/c1-3-6-19(27)23-10-8-15-14(12-23)20(28)25-18(21-15)11-16(22-25)17-7-4-5-9-24(17)13(2)26/h11,17,22H,3-10,12H2,1-2H3. The number of aromatic nitrogens is 3. The molecular formula is C20H27N5O3. The summed E-state index contributed by atoms with van der Waals surface area (Å²) in [6, 6.07) is 1.84. The zero-order chi connectivity index (χ0) is 19.8. The van der Waals surface area contributed by atoms with Crippen molar-refractivity contribution in [1.29, 1.82) is 0 Å². The summed E-state index contributed by atoms with van der Waals surface area (Å²) in [6.07, 6.45) is 4.83. The fourth-order valence-electron chi connectivity index (χ4n) is 4.39. The first-order valence-corrected chi connectivity index (χ1v) is 10.2. The first kappa shape index (κ1) is 18.7. The largest absolute Gasteiger partial charge is 0.338 e. The number of hydrogen-bond acceptors (Lipinski definition) is 4. The van der Waals surface area contributed by atoms with Crippen LogP contribution in [-0.4, -0.2) is 49.3 Å². The number of carbonyl (C=O) groups is 2. The van der Waals surface area contributed by atoms with E-state index in [9.17, 15) is 14.4 Å². The SMILES string of the molecule is CCCC(=O)N1CCc2nc3cc(C4CCCCN4C(C)=O)[nH]n3c(=O)c2C1. The third kappa shape index (κ3) is 3.21. The molecule has 2 aliphatic rings. The number of nitrogens with one attached hydrogen (secondary N) is 1. The predicted octanol–water partition coefficient (Wildman–Crippen LogP) is 1.78. The van der Waals surface area contributed by atoms with Crippen LogP contribution in [-0.2, 0) is 22.6 Å². The first-order valence-electron chi connectivity index (χ1n) is 10.2. The van der Waals surface area contributed by atoms with Crippen LogP contribution in [0.25, 0.3) is 5.65 Å². The van der Waals surface area contributed by atoms with Crippen LogP contribution in [0.1, 0.15) is 68.9 Å². The lowest BCUT2D eigenvalue weighted by Crippen LogP contribution is -2.40. The van der Waals surface area contributed by atoms with Gasteiger partial charge in [-0.25, -0.2) is 9.50 Å². The van der Waals surface area contributed by atoms with E-state index in [1.165, 1.54) is 4.52 Å². The van der Waals surface area contributed by atoms with Crippen LogP contribution in [0, 0.1) is 0 Å². The Hall–Kier alpha value is -2.64. The number of nitrogens with zero attached hydrogens (tertiary/aromatic N) is 4. The van der Waals surface area contributed by atoms with Crippen LogP contribution < -0.4 is 5.56 Å². The zero-order valence-corrected chi connectivity index (χ0v) is 16.5. The third-order valence-corrected chi connectivity index (χ3v) is 5.86. The van der Waals surface area contributed by atoms with E-state index in [0.29, 0.717) is 37.1 Å². The molecule has 8 heteroatoms. The Balaban J connectivity index is 1.70. The fraction of sp³-hybridized carbons (Fsp3) is 0.600. The number of amides is 2. The van der Waals surface area contributed by atoms with Gasteiger partial charge in [-0.1, -0.05) is 6.92 Å². The zero-order valence-electron chi connectivity index (χ0n) is 16.5. The van der Waals surface area contributed by atoms with Gasteiger partial charge in [0, 0.05) is 38.9 Å². The normalized spacial score (nSPS) is 19.7. The Kier molecular flexibility index (Phi) is 4.95. The maximum absolute atomic E-state index is 13.1. The van der Waals surface area contributed by atoms with Gasteiger partial charge in [0.25, 0.3) is 5.56 Å². The van der Waals surface area contributed by atoms with Gasteiger partial charge >= 0.3 is 0 Å². The van der Waals surface area contributed by atoms with Crippen molar-refractivity contribution in [2.75, 3.05) is 13.1 Å². The van der Waals surface area contributed by atoms with Crippen molar-refractivity contribution >= 4 is 17.5 Å². The molecule has 2 aromatic heterocycles. The molecule has 28 heavy (non-hydrogen) atoms. The monoisotopic (exact) mass is 385 g/mol. The van der Waals surface area contributed by atoms with E-state index in [1.807, 2.05) is 17.9 Å². The van der Waals surface area contributed by atoms with Crippen molar-refractivity contribution < 1.29 is 9.59 Å². The van der Waals surface area contributed by atoms with Crippen LogP contribution >= 0.6 is 0 Å². The average Bonchev–Trinajstić information content (AvgIpc) is 3.12. The molecule has 0 bridgehead atoms. The van der Waals surface area contributed by atoms with Crippen LogP contribution in [0.15, 0.2) is 10.9 Å². The number of hydrogen-bond donors (Lipinski definition) is 1. The molecule has 1 saturated heterocycles. The molecule has 150 valence electrons. The van der Waals surface area contributed by atoms with Crippen molar-refractivity contribution in [3.8, 4) is 0 Å². The molecule has 2 aromatic rings. The van der Waals surface area contributed by atoms with Crippen LogP contribution in [0.5, 0.6) is 0 Å². The lowest BCUT2D eigenvalue weighted by atomic mass is 9.99. The van der Waals surface area contributed by atoms with E-state index >= 15 is 0 Å². The summed E-state index contributed by atoms with van der Waals surface area (Å²) >= 11 is 0. The Morgan fingerprint density at radius 2 is 2.11 bits per heavy atom. The Morgan fingerprint density at radius 1 is 1.29 bits per heavy atom. The highest BCUT2D eigenvalue weighted by Crippen LogP contribution is 2.30. The van der Waals surface area contributed by atoms with Gasteiger partial charge in [0.05, 0.1) is 29.5 Å². The number of H-pyrrole nitrogens is 1. The van der Waals surface area contributed by atoms with Crippen molar-refractivity contribution in [3.05, 3.63) is 33.4 Å². The lowest BCUT2D eigenvalue weighted by molar-refractivity contribution is -0.133. The molecule has 0 aromatic carbocycles. The second-order valence-corrected chi connectivity index (χ2v) is 7.79. The molecule has 4 rings (SSSR count). The summed E-state index contributed by atoms with van der Waals surface area (Å²) in [4.78, 5) is 45.7. The first-order chi connectivity index (χ1) is 13.5. The summed E-state index contributed by atoms with van der Waals surface area (Å²) < 4.78 is 1.47. The number of aromatic amines is 1. The van der Waals surface area contributed by atoms with E-state index in [4.69, 9.17) is 4.98 Å². The molecule has 0 radical (unpaired) electrons. The van der Waals surface area contributed by atoms with E-state index in [0.717, 1.165) is 43.6 Å².